The maximum atomic E-state index is 12.7. The van der Waals surface area contributed by atoms with Crippen LogP contribution in [0.4, 0.5) is 0 Å². The van der Waals surface area contributed by atoms with E-state index in [1.807, 2.05) is 37.3 Å². The van der Waals surface area contributed by atoms with Crippen molar-refractivity contribution in [2.45, 2.75) is 35.5 Å². The molecule has 0 spiro atoms. The van der Waals surface area contributed by atoms with Gasteiger partial charge in [0.1, 0.15) is 0 Å². The molecule has 0 bridgehead atoms. The van der Waals surface area contributed by atoms with E-state index in [1.165, 1.54) is 4.46 Å². The molecule has 1 N–H and O–H groups in total. The van der Waals surface area contributed by atoms with Crippen LogP contribution in [0.25, 0.3) is 0 Å². The van der Waals surface area contributed by atoms with Gasteiger partial charge in [-0.2, -0.15) is 0 Å². The number of allylic oxidation sites excluding steroid dienone is 1. The van der Waals surface area contributed by atoms with E-state index in [2.05, 4.69) is 29.0 Å². The molecule has 1 aliphatic rings. The van der Waals surface area contributed by atoms with Gasteiger partial charge in [-0.3, -0.25) is 0 Å². The van der Waals surface area contributed by atoms with Crippen LogP contribution in [0.1, 0.15) is 18.4 Å². The molecule has 0 unspecified atom stereocenters. The van der Waals surface area contributed by atoms with E-state index in [1.54, 1.807) is 12.1 Å². The predicted molar refractivity (Wildman–Crippen MR) is 99.2 cm³/mol. The second kappa shape index (κ2) is 7.66. The fourth-order valence-corrected chi connectivity index (χ4v) is 6.67. The average molecular weight is 406 g/mol. The molecule has 3 nitrogen and oxygen atoms in total. The maximum absolute atomic E-state index is 12.7. The van der Waals surface area contributed by atoms with Gasteiger partial charge in [-0.15, -0.1) is 0 Å². The summed E-state index contributed by atoms with van der Waals surface area (Å²) in [7, 11) is -3.48. The van der Waals surface area contributed by atoms with Crippen LogP contribution in [0, 0.1) is 6.92 Å². The molecule has 3 rings (SSSR count). The number of benzene rings is 2. The zero-order valence-corrected chi connectivity index (χ0v) is 16.1. The number of nitrogens with one attached hydrogen (secondary N) is 1. The Bertz CT molecular complexity index is 801. The van der Waals surface area contributed by atoms with Gasteiger partial charge in [0, 0.05) is 0 Å². The van der Waals surface area contributed by atoms with Gasteiger partial charge in [0.05, 0.1) is 0 Å². The van der Waals surface area contributed by atoms with Gasteiger partial charge in [0.2, 0.25) is 0 Å². The molecule has 2 aromatic rings. The van der Waals surface area contributed by atoms with Crippen LogP contribution >= 0.6 is 0 Å². The molecule has 0 amide bonds. The monoisotopic (exact) mass is 407 g/mol. The van der Waals surface area contributed by atoms with E-state index in [-0.39, 0.29) is 25.8 Å². The molecule has 0 fully saturated rings. The SMILES string of the molecule is Cc1ccc(S(=O)(=O)N[C@@H]2CCC=C[C@H]2[Se]c2ccccc2)cc1. The number of rotatable bonds is 5. The van der Waals surface area contributed by atoms with Gasteiger partial charge in [0.25, 0.3) is 0 Å². The molecule has 2 atom stereocenters. The molecule has 1 aliphatic carbocycles. The van der Waals surface area contributed by atoms with Crippen molar-refractivity contribution < 1.29 is 8.42 Å². The van der Waals surface area contributed by atoms with E-state index < -0.39 is 10.0 Å². The normalized spacial score (nSPS) is 20.9. The van der Waals surface area contributed by atoms with Gasteiger partial charge in [-0.25, -0.2) is 0 Å². The Labute approximate surface area is 150 Å². The summed E-state index contributed by atoms with van der Waals surface area (Å²) in [5.74, 6) is 0. The van der Waals surface area contributed by atoms with Gasteiger partial charge < -0.3 is 0 Å². The van der Waals surface area contributed by atoms with Crippen molar-refractivity contribution in [2.75, 3.05) is 0 Å². The van der Waals surface area contributed by atoms with E-state index in [0.29, 0.717) is 4.90 Å². The summed E-state index contributed by atoms with van der Waals surface area (Å²) in [6, 6.07) is 17.3. The molecule has 0 aliphatic heterocycles. The zero-order chi connectivity index (χ0) is 17.0. The first-order chi connectivity index (χ1) is 11.5. The molecule has 0 saturated carbocycles. The first kappa shape index (κ1) is 17.4. The molecule has 126 valence electrons. The Hall–Kier alpha value is -1.39. The summed E-state index contributed by atoms with van der Waals surface area (Å²) in [5, 5.41) is 0. The fourth-order valence-electron chi connectivity index (χ4n) is 2.69. The Morgan fingerprint density at radius 3 is 2.46 bits per heavy atom. The van der Waals surface area contributed by atoms with Gasteiger partial charge in [-0.05, 0) is 0 Å². The number of aryl methyl sites for hydroxylation is 1. The Morgan fingerprint density at radius 2 is 1.75 bits per heavy atom. The molecular weight excluding hydrogens is 385 g/mol. The third kappa shape index (κ3) is 4.37. The minimum atomic E-state index is -3.48. The van der Waals surface area contributed by atoms with E-state index in [4.69, 9.17) is 0 Å². The van der Waals surface area contributed by atoms with Crippen LogP contribution in [0.3, 0.4) is 0 Å². The van der Waals surface area contributed by atoms with Gasteiger partial charge in [-0.1, -0.05) is 0 Å². The summed E-state index contributed by atoms with van der Waals surface area (Å²) in [5.41, 5.74) is 1.06. The quantitative estimate of drug-likeness (QED) is 0.613. The summed E-state index contributed by atoms with van der Waals surface area (Å²) < 4.78 is 29.6. The van der Waals surface area contributed by atoms with Crippen LogP contribution < -0.4 is 9.18 Å². The Kier molecular flexibility index (Phi) is 5.57. The second-order valence-electron chi connectivity index (χ2n) is 5.94. The van der Waals surface area contributed by atoms with E-state index in [9.17, 15) is 8.42 Å². The summed E-state index contributed by atoms with van der Waals surface area (Å²) in [6.45, 7) is 1.95. The molecule has 0 saturated heterocycles. The standard InChI is InChI=1S/C19H21NO2SSe/c1-15-11-13-16(14-12-15)23(21,22)20-18-9-5-6-10-19(18)24-17-7-3-2-4-8-17/h2-4,6-8,10-14,18-20H,5,9H2,1H3/t18-,19-/m1/s1. The fraction of sp³-hybridized carbons (Fsp3) is 0.263. The van der Waals surface area contributed by atoms with Crippen molar-refractivity contribution in [1.82, 2.24) is 4.72 Å². The van der Waals surface area contributed by atoms with Crippen LogP contribution in [-0.4, -0.2) is 29.4 Å². The van der Waals surface area contributed by atoms with Crippen LogP contribution in [-0.2, 0) is 10.0 Å². The number of hydrogen-bond acceptors (Lipinski definition) is 2. The van der Waals surface area contributed by atoms with Crippen molar-refractivity contribution in [3.8, 4) is 0 Å². The Morgan fingerprint density at radius 1 is 1.04 bits per heavy atom. The average Bonchev–Trinajstić information content (AvgIpc) is 2.58. The van der Waals surface area contributed by atoms with Crippen LogP contribution in [0.2, 0.25) is 4.82 Å². The second-order valence-corrected chi connectivity index (χ2v) is 10.3. The van der Waals surface area contributed by atoms with E-state index in [0.717, 1.165) is 18.4 Å². The van der Waals surface area contributed by atoms with E-state index >= 15 is 0 Å². The van der Waals surface area contributed by atoms with Crippen molar-refractivity contribution >= 4 is 29.4 Å². The predicted octanol–water partition coefficient (Wildman–Crippen LogP) is 2.81. The number of hydrogen-bond donors (Lipinski definition) is 1. The summed E-state index contributed by atoms with van der Waals surface area (Å²) in [6.07, 6.45) is 6.12. The molecule has 2 aromatic carbocycles. The molecule has 0 radical (unpaired) electrons. The number of sulfonamides is 1. The van der Waals surface area contributed by atoms with Crippen molar-refractivity contribution in [1.29, 1.82) is 0 Å². The molecule has 5 heteroatoms. The molecule has 0 aromatic heterocycles. The third-order valence-electron chi connectivity index (χ3n) is 4.02. The zero-order valence-electron chi connectivity index (χ0n) is 13.6. The minimum absolute atomic E-state index is 0.0403. The van der Waals surface area contributed by atoms with Gasteiger partial charge in [0.15, 0.2) is 0 Å². The first-order valence-corrected chi connectivity index (χ1v) is 11.3. The third-order valence-corrected chi connectivity index (χ3v) is 8.26. The van der Waals surface area contributed by atoms with Gasteiger partial charge >= 0.3 is 150 Å². The molecule has 24 heavy (non-hydrogen) atoms. The first-order valence-electron chi connectivity index (χ1n) is 8.02. The summed E-state index contributed by atoms with van der Waals surface area (Å²) >= 11 is 0.207. The van der Waals surface area contributed by atoms with Crippen molar-refractivity contribution in [3.05, 3.63) is 72.3 Å². The molecule has 0 heterocycles. The van der Waals surface area contributed by atoms with Crippen LogP contribution in [0.5, 0.6) is 0 Å². The van der Waals surface area contributed by atoms with Crippen LogP contribution in [0.15, 0.2) is 71.6 Å². The van der Waals surface area contributed by atoms with Crippen molar-refractivity contribution in [3.63, 3.8) is 0 Å². The molecular formula is C19H21NO2SSe. The summed E-state index contributed by atoms with van der Waals surface area (Å²) in [4.78, 5) is 0.586. The van der Waals surface area contributed by atoms with Crippen molar-refractivity contribution in [2.24, 2.45) is 0 Å². The topological polar surface area (TPSA) is 46.2 Å². The Balaban J connectivity index is 1.76.